The summed E-state index contributed by atoms with van der Waals surface area (Å²) in [7, 11) is 0. The van der Waals surface area contributed by atoms with Gasteiger partial charge in [0.2, 0.25) is 0 Å². The summed E-state index contributed by atoms with van der Waals surface area (Å²) in [6.07, 6.45) is 3.26. The number of amides is 2. The zero-order valence-corrected chi connectivity index (χ0v) is 11.1. The Balaban J connectivity index is 2.80. The molecule has 0 aromatic carbocycles. The van der Waals surface area contributed by atoms with E-state index in [1.807, 2.05) is 13.8 Å². The summed E-state index contributed by atoms with van der Waals surface area (Å²) in [6, 6.07) is -0.879. The standard InChI is InChI=1S/C13H22N2O3/c1-4-7-14(8-5-2)13(18)15-9-6-10(3)11(15)12(16)17/h4,10-11H,1,5-9H2,2-3H3,(H,16,17). The Morgan fingerprint density at radius 1 is 1.56 bits per heavy atom. The van der Waals surface area contributed by atoms with Gasteiger partial charge in [0.25, 0.3) is 0 Å². The monoisotopic (exact) mass is 254 g/mol. The molecule has 2 amide bonds. The van der Waals surface area contributed by atoms with Gasteiger partial charge in [-0.25, -0.2) is 9.59 Å². The van der Waals surface area contributed by atoms with Crippen LogP contribution in [0.4, 0.5) is 4.79 Å². The van der Waals surface area contributed by atoms with Crippen LogP contribution >= 0.6 is 0 Å². The zero-order valence-electron chi connectivity index (χ0n) is 11.1. The van der Waals surface area contributed by atoms with Crippen LogP contribution in [0.5, 0.6) is 0 Å². The van der Waals surface area contributed by atoms with E-state index in [1.54, 1.807) is 11.0 Å². The molecular weight excluding hydrogens is 232 g/mol. The summed E-state index contributed by atoms with van der Waals surface area (Å²) in [6.45, 7) is 9.11. The van der Waals surface area contributed by atoms with Crippen molar-refractivity contribution in [2.45, 2.75) is 32.7 Å². The number of hydrogen-bond acceptors (Lipinski definition) is 2. The summed E-state index contributed by atoms with van der Waals surface area (Å²) in [5.74, 6) is -0.901. The summed E-state index contributed by atoms with van der Waals surface area (Å²) in [4.78, 5) is 26.7. The lowest BCUT2D eigenvalue weighted by Crippen LogP contribution is -2.49. The number of hydrogen-bond donors (Lipinski definition) is 1. The molecule has 1 rings (SSSR count). The van der Waals surface area contributed by atoms with Crippen molar-refractivity contribution >= 4 is 12.0 Å². The van der Waals surface area contributed by atoms with E-state index in [9.17, 15) is 14.7 Å². The molecule has 1 heterocycles. The number of carbonyl (C=O) groups excluding carboxylic acids is 1. The molecule has 0 spiro atoms. The maximum atomic E-state index is 12.3. The number of carboxylic acid groups (broad SMARTS) is 1. The van der Waals surface area contributed by atoms with E-state index in [0.717, 1.165) is 12.8 Å². The largest absolute Gasteiger partial charge is 0.480 e. The van der Waals surface area contributed by atoms with E-state index in [0.29, 0.717) is 19.6 Å². The van der Waals surface area contributed by atoms with E-state index >= 15 is 0 Å². The first-order valence-corrected chi connectivity index (χ1v) is 6.42. The van der Waals surface area contributed by atoms with Gasteiger partial charge in [-0.15, -0.1) is 6.58 Å². The molecule has 102 valence electrons. The maximum Gasteiger partial charge on any atom is 0.326 e. The first-order valence-electron chi connectivity index (χ1n) is 6.42. The molecule has 2 atom stereocenters. The van der Waals surface area contributed by atoms with Gasteiger partial charge in [0.05, 0.1) is 0 Å². The van der Waals surface area contributed by atoms with Gasteiger partial charge in [0, 0.05) is 19.6 Å². The number of likely N-dealkylation sites (tertiary alicyclic amines) is 1. The molecule has 1 saturated heterocycles. The minimum atomic E-state index is -0.914. The second-order valence-electron chi connectivity index (χ2n) is 4.76. The number of carboxylic acids is 1. The molecule has 1 aliphatic heterocycles. The van der Waals surface area contributed by atoms with Gasteiger partial charge in [-0.05, 0) is 18.8 Å². The Bertz CT molecular complexity index is 330. The van der Waals surface area contributed by atoms with Gasteiger partial charge in [0.1, 0.15) is 6.04 Å². The van der Waals surface area contributed by atoms with Crippen molar-refractivity contribution in [3.05, 3.63) is 12.7 Å². The molecular formula is C13H22N2O3. The molecule has 1 aliphatic rings. The quantitative estimate of drug-likeness (QED) is 0.761. The molecule has 0 bridgehead atoms. The Kier molecular flexibility index (Phi) is 5.19. The van der Waals surface area contributed by atoms with Gasteiger partial charge in [0.15, 0.2) is 0 Å². The average molecular weight is 254 g/mol. The van der Waals surface area contributed by atoms with Crippen LogP contribution in [0.3, 0.4) is 0 Å². The predicted octanol–water partition coefficient (Wildman–Crippen LogP) is 1.80. The van der Waals surface area contributed by atoms with Gasteiger partial charge in [-0.1, -0.05) is 19.9 Å². The van der Waals surface area contributed by atoms with E-state index < -0.39 is 12.0 Å². The fourth-order valence-corrected chi connectivity index (χ4v) is 2.41. The lowest BCUT2D eigenvalue weighted by atomic mass is 10.0. The number of urea groups is 1. The zero-order chi connectivity index (χ0) is 13.7. The smallest absolute Gasteiger partial charge is 0.326 e. The van der Waals surface area contributed by atoms with Gasteiger partial charge < -0.3 is 14.9 Å². The summed E-state index contributed by atoms with van der Waals surface area (Å²) in [5.41, 5.74) is 0. The molecule has 0 saturated carbocycles. The Morgan fingerprint density at radius 2 is 2.22 bits per heavy atom. The molecule has 0 aromatic heterocycles. The predicted molar refractivity (Wildman–Crippen MR) is 69.4 cm³/mol. The number of nitrogens with zero attached hydrogens (tertiary/aromatic N) is 2. The highest BCUT2D eigenvalue weighted by Crippen LogP contribution is 2.25. The lowest BCUT2D eigenvalue weighted by molar-refractivity contribution is -0.142. The van der Waals surface area contributed by atoms with Crippen molar-refractivity contribution < 1.29 is 14.7 Å². The van der Waals surface area contributed by atoms with Gasteiger partial charge >= 0.3 is 12.0 Å². The Labute approximate surface area is 108 Å². The SMILES string of the molecule is C=CCN(CCC)C(=O)N1CCC(C)C1C(=O)O. The van der Waals surface area contributed by atoms with E-state index in [2.05, 4.69) is 6.58 Å². The molecule has 18 heavy (non-hydrogen) atoms. The van der Waals surface area contributed by atoms with Crippen LogP contribution in [-0.2, 0) is 4.79 Å². The normalized spacial score (nSPS) is 22.9. The highest BCUT2D eigenvalue weighted by Gasteiger charge is 2.40. The lowest BCUT2D eigenvalue weighted by Gasteiger charge is -2.30. The van der Waals surface area contributed by atoms with Gasteiger partial charge in [-0.3, -0.25) is 0 Å². The van der Waals surface area contributed by atoms with Crippen LogP contribution in [0.15, 0.2) is 12.7 Å². The second kappa shape index (κ2) is 6.42. The highest BCUT2D eigenvalue weighted by atomic mass is 16.4. The van der Waals surface area contributed by atoms with Gasteiger partial charge in [-0.2, -0.15) is 0 Å². The van der Waals surface area contributed by atoms with E-state index in [4.69, 9.17) is 0 Å². The first-order chi connectivity index (χ1) is 8.52. The minimum absolute atomic E-state index is 0.0126. The third-order valence-electron chi connectivity index (χ3n) is 3.31. The van der Waals surface area contributed by atoms with E-state index in [-0.39, 0.29) is 11.9 Å². The Morgan fingerprint density at radius 3 is 2.72 bits per heavy atom. The number of carbonyl (C=O) groups is 2. The fourth-order valence-electron chi connectivity index (χ4n) is 2.41. The highest BCUT2D eigenvalue weighted by molar-refractivity contribution is 5.83. The summed E-state index contributed by atoms with van der Waals surface area (Å²) in [5, 5.41) is 9.21. The van der Waals surface area contributed by atoms with Crippen molar-refractivity contribution in [1.29, 1.82) is 0 Å². The molecule has 0 radical (unpaired) electrons. The molecule has 0 aromatic rings. The molecule has 5 nitrogen and oxygen atoms in total. The first kappa shape index (κ1) is 14.5. The van der Waals surface area contributed by atoms with E-state index in [1.165, 1.54) is 4.90 Å². The van der Waals surface area contributed by atoms with Crippen LogP contribution in [0.25, 0.3) is 0 Å². The number of aliphatic carboxylic acids is 1. The van der Waals surface area contributed by atoms with Crippen LogP contribution in [0.1, 0.15) is 26.7 Å². The molecule has 1 N–H and O–H groups in total. The molecule has 1 fully saturated rings. The second-order valence-corrected chi connectivity index (χ2v) is 4.76. The Hall–Kier alpha value is -1.52. The molecule has 5 heteroatoms. The minimum Gasteiger partial charge on any atom is -0.480 e. The van der Waals surface area contributed by atoms with Crippen molar-refractivity contribution in [2.24, 2.45) is 5.92 Å². The summed E-state index contributed by atoms with van der Waals surface area (Å²) < 4.78 is 0. The van der Waals surface area contributed by atoms with Crippen molar-refractivity contribution in [3.8, 4) is 0 Å². The summed E-state index contributed by atoms with van der Waals surface area (Å²) >= 11 is 0. The van der Waals surface area contributed by atoms with Crippen molar-refractivity contribution in [3.63, 3.8) is 0 Å². The van der Waals surface area contributed by atoms with Crippen LogP contribution in [0, 0.1) is 5.92 Å². The third-order valence-corrected chi connectivity index (χ3v) is 3.31. The topological polar surface area (TPSA) is 60.9 Å². The third kappa shape index (κ3) is 3.03. The molecule has 0 aliphatic carbocycles. The van der Waals surface area contributed by atoms with Crippen LogP contribution in [0.2, 0.25) is 0 Å². The van der Waals surface area contributed by atoms with Crippen LogP contribution < -0.4 is 0 Å². The van der Waals surface area contributed by atoms with Crippen LogP contribution in [-0.4, -0.2) is 52.6 Å². The van der Waals surface area contributed by atoms with Crippen molar-refractivity contribution in [1.82, 2.24) is 9.80 Å². The van der Waals surface area contributed by atoms with Crippen molar-refractivity contribution in [2.75, 3.05) is 19.6 Å². The fraction of sp³-hybridized carbons (Fsp3) is 0.692. The maximum absolute atomic E-state index is 12.3. The average Bonchev–Trinajstić information content (AvgIpc) is 2.70. The molecule has 2 unspecified atom stereocenters. The number of rotatable bonds is 5.